The van der Waals surface area contributed by atoms with Gasteiger partial charge in [0, 0.05) is 12.2 Å². The normalized spacial score (nSPS) is 10.4. The Morgan fingerprint density at radius 2 is 1.84 bits per heavy atom. The Kier molecular flexibility index (Phi) is 6.03. The molecule has 0 spiro atoms. The molecule has 5 nitrogen and oxygen atoms in total. The summed E-state index contributed by atoms with van der Waals surface area (Å²) in [4.78, 5) is 12.0. The molecule has 0 saturated heterocycles. The van der Waals surface area contributed by atoms with Crippen LogP contribution in [-0.2, 0) is 11.3 Å². The van der Waals surface area contributed by atoms with Crippen molar-refractivity contribution in [3.63, 3.8) is 0 Å². The second kappa shape index (κ2) is 8.64. The Morgan fingerprint density at radius 3 is 2.64 bits per heavy atom. The molecule has 0 radical (unpaired) electrons. The number of aromatic nitrogens is 2. The van der Waals surface area contributed by atoms with Crippen LogP contribution in [0.5, 0.6) is 0 Å². The minimum absolute atomic E-state index is 0.0129. The highest BCUT2D eigenvalue weighted by molar-refractivity contribution is 8.01. The van der Waals surface area contributed by atoms with E-state index in [4.69, 9.17) is 0 Å². The van der Waals surface area contributed by atoms with Gasteiger partial charge in [0.2, 0.25) is 11.0 Å². The molecule has 2 aromatic carbocycles. The Balaban J connectivity index is 1.45. The van der Waals surface area contributed by atoms with Crippen molar-refractivity contribution in [1.82, 2.24) is 15.5 Å². The van der Waals surface area contributed by atoms with Crippen molar-refractivity contribution in [2.75, 3.05) is 11.1 Å². The summed E-state index contributed by atoms with van der Waals surface area (Å²) in [6.45, 7) is 2.59. The number of nitrogens with zero attached hydrogens (tertiary/aromatic N) is 2. The number of benzene rings is 2. The minimum Gasteiger partial charge on any atom is -0.351 e. The van der Waals surface area contributed by atoms with Gasteiger partial charge in [-0.25, -0.2) is 0 Å². The van der Waals surface area contributed by atoms with Crippen LogP contribution in [0.15, 0.2) is 58.9 Å². The fourth-order valence-corrected chi connectivity index (χ4v) is 3.75. The topological polar surface area (TPSA) is 66.9 Å². The fraction of sp³-hybridized carbons (Fsp3) is 0.167. The molecule has 0 aliphatic heterocycles. The predicted molar refractivity (Wildman–Crippen MR) is 103 cm³/mol. The van der Waals surface area contributed by atoms with Gasteiger partial charge in [-0.15, -0.1) is 10.2 Å². The molecule has 1 heterocycles. The monoisotopic (exact) mass is 370 g/mol. The van der Waals surface area contributed by atoms with Crippen molar-refractivity contribution in [3.8, 4) is 0 Å². The van der Waals surface area contributed by atoms with E-state index in [9.17, 15) is 4.79 Å². The van der Waals surface area contributed by atoms with E-state index in [0.717, 1.165) is 15.6 Å². The molecule has 0 atom stereocenters. The molecule has 0 aliphatic rings. The lowest BCUT2D eigenvalue weighted by Gasteiger charge is -2.07. The molecule has 0 fully saturated rings. The molecular formula is C18H18N4OS2. The van der Waals surface area contributed by atoms with Crippen LogP contribution in [-0.4, -0.2) is 21.9 Å². The van der Waals surface area contributed by atoms with Crippen molar-refractivity contribution in [1.29, 1.82) is 0 Å². The number of hydrogen-bond donors (Lipinski definition) is 2. The van der Waals surface area contributed by atoms with Gasteiger partial charge in [0.1, 0.15) is 0 Å². The molecule has 7 heteroatoms. The molecule has 1 amide bonds. The maximum Gasteiger partial charge on any atom is 0.230 e. The van der Waals surface area contributed by atoms with Gasteiger partial charge in [-0.05, 0) is 30.2 Å². The second-order valence-corrected chi connectivity index (χ2v) is 7.56. The van der Waals surface area contributed by atoms with Gasteiger partial charge in [0.05, 0.1) is 5.75 Å². The lowest BCUT2D eigenvalue weighted by atomic mass is 10.1. The van der Waals surface area contributed by atoms with Gasteiger partial charge in [0.15, 0.2) is 4.34 Å². The second-order valence-electron chi connectivity index (χ2n) is 5.36. The molecule has 0 aliphatic carbocycles. The van der Waals surface area contributed by atoms with E-state index in [-0.39, 0.29) is 5.91 Å². The minimum atomic E-state index is -0.0129. The first-order valence-corrected chi connectivity index (χ1v) is 9.60. The zero-order valence-electron chi connectivity index (χ0n) is 13.7. The number of amides is 1. The lowest BCUT2D eigenvalue weighted by Crippen LogP contribution is -2.24. The van der Waals surface area contributed by atoms with Gasteiger partial charge in [-0.2, -0.15) is 0 Å². The fourth-order valence-electron chi connectivity index (χ4n) is 2.14. The number of para-hydroxylation sites is 1. The van der Waals surface area contributed by atoms with Gasteiger partial charge in [0.25, 0.3) is 0 Å². The van der Waals surface area contributed by atoms with Crippen LogP contribution in [0, 0.1) is 6.92 Å². The van der Waals surface area contributed by atoms with Crippen molar-refractivity contribution < 1.29 is 4.79 Å². The summed E-state index contributed by atoms with van der Waals surface area (Å²) < 4.78 is 0.768. The maximum absolute atomic E-state index is 12.0. The van der Waals surface area contributed by atoms with Crippen molar-refractivity contribution >= 4 is 39.8 Å². The van der Waals surface area contributed by atoms with Crippen molar-refractivity contribution in [2.24, 2.45) is 0 Å². The number of thioether (sulfide) groups is 1. The maximum atomic E-state index is 12.0. The number of anilines is 2. The SMILES string of the molecule is Cc1ccccc1CNC(=O)CSc1nnc(Nc2ccccc2)s1. The number of carbonyl (C=O) groups is 1. The zero-order valence-corrected chi connectivity index (χ0v) is 15.4. The number of carbonyl (C=O) groups excluding carboxylic acids is 1. The highest BCUT2D eigenvalue weighted by atomic mass is 32.2. The summed E-state index contributed by atoms with van der Waals surface area (Å²) in [5.74, 6) is 0.312. The highest BCUT2D eigenvalue weighted by Crippen LogP contribution is 2.27. The van der Waals surface area contributed by atoms with Gasteiger partial charge in [-0.3, -0.25) is 4.79 Å². The largest absolute Gasteiger partial charge is 0.351 e. The van der Waals surface area contributed by atoms with Crippen LogP contribution in [0.25, 0.3) is 0 Å². The standard InChI is InChI=1S/C18H18N4OS2/c1-13-7-5-6-8-14(13)11-19-16(23)12-24-18-22-21-17(25-18)20-15-9-3-2-4-10-15/h2-10H,11-12H2,1H3,(H,19,23)(H,20,21). The van der Waals surface area contributed by atoms with Crippen LogP contribution in [0.4, 0.5) is 10.8 Å². The summed E-state index contributed by atoms with van der Waals surface area (Å²) in [7, 11) is 0. The Bertz CT molecular complexity index is 836. The predicted octanol–water partition coefficient (Wildman–Crippen LogP) is 4.00. The number of nitrogens with one attached hydrogen (secondary N) is 2. The molecule has 2 N–H and O–H groups in total. The van der Waals surface area contributed by atoms with Gasteiger partial charge in [-0.1, -0.05) is 65.6 Å². The first kappa shape index (κ1) is 17.4. The quantitative estimate of drug-likeness (QED) is 0.616. The smallest absolute Gasteiger partial charge is 0.230 e. The summed E-state index contributed by atoms with van der Waals surface area (Å²) >= 11 is 2.83. The lowest BCUT2D eigenvalue weighted by molar-refractivity contribution is -0.118. The third-order valence-electron chi connectivity index (χ3n) is 3.50. The van der Waals surface area contributed by atoms with E-state index in [1.54, 1.807) is 0 Å². The van der Waals surface area contributed by atoms with Crippen molar-refractivity contribution in [3.05, 3.63) is 65.7 Å². The third kappa shape index (κ3) is 5.30. The van der Waals surface area contributed by atoms with Crippen molar-refractivity contribution in [2.45, 2.75) is 17.8 Å². The molecule has 1 aromatic heterocycles. The summed E-state index contributed by atoms with van der Waals surface area (Å²) in [5, 5.41) is 15.1. The molecular weight excluding hydrogens is 352 g/mol. The van der Waals surface area contributed by atoms with E-state index in [2.05, 4.69) is 20.8 Å². The summed E-state index contributed by atoms with van der Waals surface area (Å²) in [6, 6.07) is 17.8. The third-order valence-corrected chi connectivity index (χ3v) is 5.47. The Labute approximate surface area is 154 Å². The summed E-state index contributed by atoms with van der Waals surface area (Å²) in [5.41, 5.74) is 3.27. The van der Waals surface area contributed by atoms with Crippen LogP contribution in [0.1, 0.15) is 11.1 Å². The average Bonchev–Trinajstić information content (AvgIpc) is 3.07. The number of hydrogen-bond acceptors (Lipinski definition) is 6. The zero-order chi connectivity index (χ0) is 17.5. The Morgan fingerprint density at radius 1 is 1.08 bits per heavy atom. The van der Waals surface area contributed by atoms with Crippen LogP contribution >= 0.6 is 23.1 Å². The van der Waals surface area contributed by atoms with Gasteiger partial charge >= 0.3 is 0 Å². The van der Waals surface area contributed by atoms with Crippen LogP contribution in [0.2, 0.25) is 0 Å². The average molecular weight is 371 g/mol. The molecule has 0 saturated carbocycles. The molecule has 128 valence electrons. The summed E-state index contributed by atoms with van der Waals surface area (Å²) in [6.07, 6.45) is 0. The molecule has 0 bridgehead atoms. The number of rotatable bonds is 7. The van der Waals surface area contributed by atoms with E-state index in [0.29, 0.717) is 17.4 Å². The highest BCUT2D eigenvalue weighted by Gasteiger charge is 2.08. The first-order valence-electron chi connectivity index (χ1n) is 7.80. The van der Waals surface area contributed by atoms with E-state index in [1.165, 1.54) is 28.7 Å². The van der Waals surface area contributed by atoms with E-state index >= 15 is 0 Å². The molecule has 25 heavy (non-hydrogen) atoms. The Hall–Kier alpha value is -2.38. The van der Waals surface area contributed by atoms with E-state index in [1.807, 2.05) is 61.5 Å². The van der Waals surface area contributed by atoms with Crippen LogP contribution in [0.3, 0.4) is 0 Å². The molecule has 3 aromatic rings. The molecule has 0 unspecified atom stereocenters. The van der Waals surface area contributed by atoms with Crippen LogP contribution < -0.4 is 10.6 Å². The van der Waals surface area contributed by atoms with Gasteiger partial charge < -0.3 is 10.6 Å². The number of aryl methyl sites for hydroxylation is 1. The van der Waals surface area contributed by atoms with E-state index < -0.39 is 0 Å². The molecule has 3 rings (SSSR count). The first-order chi connectivity index (χ1) is 12.2.